The Balaban J connectivity index is 0.000000217. The second-order valence-corrected chi connectivity index (χ2v) is 4.18. The molecule has 1 saturated carbocycles. The zero-order valence-corrected chi connectivity index (χ0v) is 9.76. The molecule has 0 aromatic carbocycles. The summed E-state index contributed by atoms with van der Waals surface area (Å²) in [6, 6.07) is 0. The van der Waals surface area contributed by atoms with Crippen molar-refractivity contribution >= 4 is 20.7 Å². The van der Waals surface area contributed by atoms with Gasteiger partial charge in [0, 0.05) is 0 Å². The van der Waals surface area contributed by atoms with Gasteiger partial charge >= 0.3 is 38.5 Å². The summed E-state index contributed by atoms with van der Waals surface area (Å²) in [6.45, 7) is 2.36. The first-order valence-electron chi connectivity index (χ1n) is 4.56. The third kappa shape index (κ3) is 8.09. The Bertz CT molecular complexity index is 124. The fourth-order valence-corrected chi connectivity index (χ4v) is 1.31. The first kappa shape index (κ1) is 12.0. The number of nitrogens with two attached hydrogens (primary N) is 1. The molecule has 0 aliphatic heterocycles. The molecular formula is C9H19N2Se. The summed E-state index contributed by atoms with van der Waals surface area (Å²) in [6.07, 6.45) is 7.44. The van der Waals surface area contributed by atoms with Crippen LogP contribution in [-0.4, -0.2) is 27.8 Å². The molecule has 0 heterocycles. The third-order valence-electron chi connectivity index (χ3n) is 2.11. The SMILES string of the molecule is CC1CCCCC1.CN=C(N)[Se]. The van der Waals surface area contributed by atoms with E-state index in [0.29, 0.717) is 4.73 Å². The van der Waals surface area contributed by atoms with Gasteiger partial charge in [-0.25, -0.2) is 0 Å². The monoisotopic (exact) mass is 235 g/mol. The van der Waals surface area contributed by atoms with Gasteiger partial charge in [-0.15, -0.1) is 0 Å². The standard InChI is InChI=1S/C7H14.C2H5N2Se/c1-7-5-3-2-4-6-7;1-4-2(3)5/h7H,2-6H2,1H3;1H3,(H2,3,4). The van der Waals surface area contributed by atoms with E-state index in [1.165, 1.54) is 32.1 Å². The van der Waals surface area contributed by atoms with E-state index in [0.717, 1.165) is 5.92 Å². The zero-order valence-electron chi connectivity index (χ0n) is 8.05. The van der Waals surface area contributed by atoms with Gasteiger partial charge in [-0.3, -0.25) is 0 Å². The molecule has 0 amide bonds. The molecule has 0 aromatic rings. The molecule has 71 valence electrons. The van der Waals surface area contributed by atoms with Crippen LogP contribution in [0.3, 0.4) is 0 Å². The van der Waals surface area contributed by atoms with Crippen LogP contribution in [0.15, 0.2) is 4.99 Å². The van der Waals surface area contributed by atoms with E-state index in [1.54, 1.807) is 7.05 Å². The summed E-state index contributed by atoms with van der Waals surface area (Å²) in [5.41, 5.74) is 4.99. The topological polar surface area (TPSA) is 38.4 Å². The average molecular weight is 234 g/mol. The van der Waals surface area contributed by atoms with Crippen LogP contribution in [0, 0.1) is 5.92 Å². The Morgan fingerprint density at radius 2 is 1.75 bits per heavy atom. The van der Waals surface area contributed by atoms with Crippen LogP contribution in [0.5, 0.6) is 0 Å². The molecule has 0 unspecified atom stereocenters. The minimum atomic E-state index is 0.505. The van der Waals surface area contributed by atoms with E-state index in [2.05, 4.69) is 27.9 Å². The van der Waals surface area contributed by atoms with Crippen LogP contribution in [0.1, 0.15) is 39.0 Å². The van der Waals surface area contributed by atoms with Crippen LogP contribution >= 0.6 is 0 Å². The second kappa shape index (κ2) is 7.63. The van der Waals surface area contributed by atoms with Gasteiger partial charge in [0.15, 0.2) is 0 Å². The third-order valence-corrected chi connectivity index (χ3v) is 2.50. The number of nitrogens with zero attached hydrogens (tertiary/aromatic N) is 1. The zero-order chi connectivity index (χ0) is 9.40. The van der Waals surface area contributed by atoms with Gasteiger partial charge in [-0.2, -0.15) is 0 Å². The molecule has 2 N–H and O–H groups in total. The number of aliphatic imine (C=N–C) groups is 1. The molecule has 0 saturated heterocycles. The van der Waals surface area contributed by atoms with Gasteiger partial charge in [0.25, 0.3) is 0 Å². The van der Waals surface area contributed by atoms with Gasteiger partial charge in [-0.1, -0.05) is 39.0 Å². The van der Waals surface area contributed by atoms with Gasteiger partial charge < -0.3 is 0 Å². The van der Waals surface area contributed by atoms with Crippen molar-refractivity contribution in [2.24, 2.45) is 16.6 Å². The van der Waals surface area contributed by atoms with Crippen molar-refractivity contribution in [1.82, 2.24) is 0 Å². The Morgan fingerprint density at radius 3 is 1.92 bits per heavy atom. The number of rotatable bonds is 0. The normalized spacial score (nSPS) is 19.7. The van der Waals surface area contributed by atoms with Gasteiger partial charge in [-0.05, 0) is 5.92 Å². The van der Waals surface area contributed by atoms with Crippen molar-refractivity contribution in [3.63, 3.8) is 0 Å². The van der Waals surface area contributed by atoms with E-state index < -0.39 is 0 Å². The Morgan fingerprint density at radius 1 is 1.33 bits per heavy atom. The van der Waals surface area contributed by atoms with E-state index in [-0.39, 0.29) is 0 Å². The Hall–Kier alpha value is -0.0105. The van der Waals surface area contributed by atoms with Crippen molar-refractivity contribution in [3.05, 3.63) is 0 Å². The van der Waals surface area contributed by atoms with Crippen LogP contribution in [-0.2, 0) is 0 Å². The first-order valence-corrected chi connectivity index (χ1v) is 5.41. The van der Waals surface area contributed by atoms with Crippen LogP contribution in [0.25, 0.3) is 0 Å². The molecule has 0 aromatic heterocycles. The summed E-state index contributed by atoms with van der Waals surface area (Å²) >= 11 is 2.52. The van der Waals surface area contributed by atoms with Crippen molar-refractivity contribution in [3.8, 4) is 0 Å². The van der Waals surface area contributed by atoms with E-state index in [1.807, 2.05) is 0 Å². The summed E-state index contributed by atoms with van der Waals surface area (Å²) in [7, 11) is 1.63. The van der Waals surface area contributed by atoms with E-state index >= 15 is 0 Å². The number of hydrogen-bond donors (Lipinski definition) is 1. The first-order chi connectivity index (χ1) is 5.66. The summed E-state index contributed by atoms with van der Waals surface area (Å²) in [5, 5.41) is 0. The molecule has 1 rings (SSSR count). The Labute approximate surface area is 83.8 Å². The fraction of sp³-hybridized carbons (Fsp3) is 0.889. The summed E-state index contributed by atoms with van der Waals surface area (Å²) in [5.74, 6) is 1.04. The molecule has 12 heavy (non-hydrogen) atoms. The summed E-state index contributed by atoms with van der Waals surface area (Å²) < 4.78 is 0.505. The fourth-order valence-electron chi connectivity index (χ4n) is 1.31. The summed E-state index contributed by atoms with van der Waals surface area (Å²) in [4.78, 5) is 3.53. The van der Waals surface area contributed by atoms with E-state index in [4.69, 9.17) is 5.73 Å². The quantitative estimate of drug-likeness (QED) is 0.386. The molecule has 1 radical (unpaired) electrons. The second-order valence-electron chi connectivity index (χ2n) is 3.31. The van der Waals surface area contributed by atoms with E-state index in [9.17, 15) is 0 Å². The molecule has 1 aliphatic carbocycles. The molecule has 0 atom stereocenters. The average Bonchev–Trinajstić information content (AvgIpc) is 2.07. The molecule has 2 nitrogen and oxygen atoms in total. The van der Waals surface area contributed by atoms with Crippen LogP contribution < -0.4 is 5.73 Å². The molecule has 1 fully saturated rings. The Kier molecular flexibility index (Phi) is 7.62. The molecule has 0 spiro atoms. The molecule has 3 heteroatoms. The van der Waals surface area contributed by atoms with Crippen molar-refractivity contribution < 1.29 is 0 Å². The van der Waals surface area contributed by atoms with Crippen LogP contribution in [0.2, 0.25) is 0 Å². The maximum atomic E-state index is 4.99. The van der Waals surface area contributed by atoms with Crippen molar-refractivity contribution in [2.45, 2.75) is 39.0 Å². The number of amidine groups is 1. The molecular weight excluding hydrogens is 215 g/mol. The van der Waals surface area contributed by atoms with Gasteiger partial charge in [0.1, 0.15) is 0 Å². The van der Waals surface area contributed by atoms with Crippen LogP contribution in [0.4, 0.5) is 0 Å². The number of hydrogen-bond acceptors (Lipinski definition) is 1. The minimum absolute atomic E-state index is 0.505. The molecule has 1 aliphatic rings. The maximum absolute atomic E-state index is 4.99. The molecule has 0 bridgehead atoms. The predicted molar refractivity (Wildman–Crippen MR) is 55.5 cm³/mol. The predicted octanol–water partition coefficient (Wildman–Crippen LogP) is 1.69. The van der Waals surface area contributed by atoms with Gasteiger partial charge in [0.05, 0.1) is 0 Å². The van der Waals surface area contributed by atoms with Crippen molar-refractivity contribution in [1.29, 1.82) is 0 Å². The van der Waals surface area contributed by atoms with Crippen molar-refractivity contribution in [2.75, 3.05) is 7.05 Å². The van der Waals surface area contributed by atoms with Gasteiger partial charge in [0.2, 0.25) is 0 Å².